The quantitative estimate of drug-likeness (QED) is 0.581. The summed E-state index contributed by atoms with van der Waals surface area (Å²) in [6.45, 7) is 8.04. The highest BCUT2D eigenvalue weighted by molar-refractivity contribution is 5.05. The summed E-state index contributed by atoms with van der Waals surface area (Å²) in [6.07, 6.45) is 1.95. The Labute approximate surface area is 74.8 Å². The predicted molar refractivity (Wildman–Crippen MR) is 50.0 cm³/mol. The van der Waals surface area contributed by atoms with Gasteiger partial charge in [0, 0.05) is 23.3 Å². The first-order valence-corrected chi connectivity index (χ1v) is 4.27. The minimum absolute atomic E-state index is 1.10. The first kappa shape index (κ1) is 11.0. The van der Waals surface area contributed by atoms with Crippen LogP contribution in [0.3, 0.4) is 0 Å². The van der Waals surface area contributed by atoms with Crippen molar-refractivity contribution in [2.75, 3.05) is 7.11 Å². The lowest BCUT2D eigenvalue weighted by atomic mass is 10.3. The van der Waals surface area contributed by atoms with Crippen LogP contribution in [0.4, 0.5) is 0 Å². The van der Waals surface area contributed by atoms with Crippen molar-refractivity contribution in [3.8, 4) is 0 Å². The number of hydrogen-bond donors (Lipinski definition) is 0. The summed E-state index contributed by atoms with van der Waals surface area (Å²) in [5.74, 6) is 0. The van der Waals surface area contributed by atoms with Crippen molar-refractivity contribution in [2.24, 2.45) is 0 Å². The molecule has 0 radical (unpaired) electrons. The van der Waals surface area contributed by atoms with Gasteiger partial charge in [-0.1, -0.05) is 13.8 Å². The number of pyridine rings is 1. The van der Waals surface area contributed by atoms with E-state index in [1.807, 2.05) is 40.0 Å². The molecule has 68 valence electrons. The Morgan fingerprint density at radius 1 is 1.17 bits per heavy atom. The van der Waals surface area contributed by atoms with Gasteiger partial charge in [-0.25, -0.2) is 0 Å². The summed E-state index contributed by atoms with van der Waals surface area (Å²) < 4.78 is 1.75. The van der Waals surface area contributed by atoms with Gasteiger partial charge in [0.25, 0.3) is 0 Å². The number of aryl methyl sites for hydroxylation is 2. The van der Waals surface area contributed by atoms with E-state index in [0.29, 0.717) is 0 Å². The standard InChI is InChI=1S/C8H12NO.C2H6/c1-7-4-5-8(2)9(6-7)10-3;1-2/h4-6H,1-3H3;1-2H3/q+1;. The summed E-state index contributed by atoms with van der Waals surface area (Å²) >= 11 is 0. The second kappa shape index (κ2) is 5.58. The molecule has 2 nitrogen and oxygen atoms in total. The molecule has 0 aliphatic heterocycles. The van der Waals surface area contributed by atoms with Gasteiger partial charge in [0.1, 0.15) is 7.11 Å². The minimum Gasteiger partial charge on any atom is -0.274 e. The molecule has 0 saturated carbocycles. The van der Waals surface area contributed by atoms with Crippen LogP contribution in [-0.4, -0.2) is 7.11 Å². The second-order valence-corrected chi connectivity index (χ2v) is 2.36. The van der Waals surface area contributed by atoms with E-state index < -0.39 is 0 Å². The van der Waals surface area contributed by atoms with Crippen LogP contribution < -0.4 is 9.57 Å². The molecule has 1 heterocycles. The average Bonchev–Trinajstić information content (AvgIpc) is 2.13. The first-order chi connectivity index (χ1) is 5.74. The number of nitrogens with zero attached hydrogens (tertiary/aromatic N) is 1. The Morgan fingerprint density at radius 3 is 2.17 bits per heavy atom. The first-order valence-electron chi connectivity index (χ1n) is 4.27. The molecular formula is C10H18NO+. The Kier molecular flexibility index (Phi) is 5.09. The Hall–Kier alpha value is -1.05. The van der Waals surface area contributed by atoms with E-state index in [1.165, 1.54) is 5.56 Å². The number of rotatable bonds is 1. The van der Waals surface area contributed by atoms with Crippen LogP contribution in [-0.2, 0) is 0 Å². The van der Waals surface area contributed by atoms with E-state index in [0.717, 1.165) is 5.69 Å². The molecule has 0 aliphatic carbocycles. The molecule has 1 aromatic heterocycles. The highest BCUT2D eigenvalue weighted by Gasteiger charge is 2.03. The molecule has 0 atom stereocenters. The number of hydrogen-bond acceptors (Lipinski definition) is 1. The molecule has 0 amide bonds. The van der Waals surface area contributed by atoms with E-state index >= 15 is 0 Å². The maximum absolute atomic E-state index is 5.04. The number of aromatic nitrogens is 1. The van der Waals surface area contributed by atoms with E-state index in [4.69, 9.17) is 4.84 Å². The average molecular weight is 168 g/mol. The van der Waals surface area contributed by atoms with E-state index in [9.17, 15) is 0 Å². The molecule has 0 fully saturated rings. The Balaban J connectivity index is 0.000000561. The smallest absolute Gasteiger partial charge is 0.231 e. The van der Waals surface area contributed by atoms with Crippen LogP contribution in [0.2, 0.25) is 0 Å². The zero-order valence-electron chi connectivity index (χ0n) is 8.59. The summed E-state index contributed by atoms with van der Waals surface area (Å²) in [5, 5.41) is 0. The molecule has 1 aromatic rings. The molecule has 0 spiro atoms. The normalized spacial score (nSPS) is 8.42. The molecule has 0 saturated heterocycles. The largest absolute Gasteiger partial charge is 0.274 e. The van der Waals surface area contributed by atoms with Gasteiger partial charge >= 0.3 is 0 Å². The lowest BCUT2D eigenvalue weighted by Gasteiger charge is -1.94. The van der Waals surface area contributed by atoms with Gasteiger partial charge in [0.05, 0.1) is 0 Å². The van der Waals surface area contributed by atoms with E-state index in [-0.39, 0.29) is 0 Å². The van der Waals surface area contributed by atoms with Crippen molar-refractivity contribution in [1.29, 1.82) is 0 Å². The lowest BCUT2D eigenvalue weighted by Crippen LogP contribution is -2.43. The highest BCUT2D eigenvalue weighted by atomic mass is 16.6. The fraction of sp³-hybridized carbons (Fsp3) is 0.500. The molecule has 0 unspecified atom stereocenters. The fourth-order valence-electron chi connectivity index (χ4n) is 0.852. The lowest BCUT2D eigenvalue weighted by molar-refractivity contribution is -0.889. The summed E-state index contributed by atoms with van der Waals surface area (Å²) in [5.41, 5.74) is 2.31. The molecule has 0 bridgehead atoms. The van der Waals surface area contributed by atoms with Gasteiger partial charge in [0.2, 0.25) is 11.9 Å². The third kappa shape index (κ3) is 2.91. The molecular weight excluding hydrogens is 150 g/mol. The Bertz CT molecular complexity index is 233. The van der Waals surface area contributed by atoms with Crippen molar-refractivity contribution in [3.05, 3.63) is 29.6 Å². The monoisotopic (exact) mass is 168 g/mol. The van der Waals surface area contributed by atoms with Gasteiger partial charge in [-0.05, 0) is 13.0 Å². The van der Waals surface area contributed by atoms with Crippen LogP contribution in [0.5, 0.6) is 0 Å². The molecule has 1 rings (SSSR count). The SMILES string of the molecule is CC.CO[n+]1cc(C)ccc1C. The summed E-state index contributed by atoms with van der Waals surface area (Å²) in [7, 11) is 1.66. The minimum atomic E-state index is 1.10. The predicted octanol–water partition coefficient (Wildman–Crippen LogP) is 1.68. The maximum Gasteiger partial charge on any atom is 0.231 e. The van der Waals surface area contributed by atoms with Crippen LogP contribution in [0.25, 0.3) is 0 Å². The van der Waals surface area contributed by atoms with Crippen molar-refractivity contribution in [3.63, 3.8) is 0 Å². The van der Waals surface area contributed by atoms with Crippen molar-refractivity contribution in [1.82, 2.24) is 0 Å². The fourth-order valence-corrected chi connectivity index (χ4v) is 0.852. The van der Waals surface area contributed by atoms with E-state index in [2.05, 4.69) is 6.07 Å². The molecule has 0 aliphatic rings. The van der Waals surface area contributed by atoms with Crippen molar-refractivity contribution in [2.45, 2.75) is 27.7 Å². The molecule has 12 heavy (non-hydrogen) atoms. The van der Waals surface area contributed by atoms with E-state index in [1.54, 1.807) is 11.8 Å². The third-order valence-electron chi connectivity index (χ3n) is 1.45. The van der Waals surface area contributed by atoms with Gasteiger partial charge < -0.3 is 0 Å². The third-order valence-corrected chi connectivity index (χ3v) is 1.45. The topological polar surface area (TPSA) is 13.1 Å². The van der Waals surface area contributed by atoms with Crippen molar-refractivity contribution < 1.29 is 9.57 Å². The van der Waals surface area contributed by atoms with Gasteiger partial charge in [-0.2, -0.15) is 0 Å². The second-order valence-electron chi connectivity index (χ2n) is 2.36. The van der Waals surface area contributed by atoms with Crippen LogP contribution >= 0.6 is 0 Å². The summed E-state index contributed by atoms with van der Waals surface area (Å²) in [4.78, 5) is 5.04. The molecule has 0 N–H and O–H groups in total. The van der Waals surface area contributed by atoms with Crippen LogP contribution in [0.1, 0.15) is 25.1 Å². The Morgan fingerprint density at radius 2 is 1.75 bits per heavy atom. The van der Waals surface area contributed by atoms with Crippen LogP contribution in [0.15, 0.2) is 18.3 Å². The highest BCUT2D eigenvalue weighted by Crippen LogP contribution is 1.92. The molecule has 0 aromatic carbocycles. The zero-order valence-corrected chi connectivity index (χ0v) is 8.59. The summed E-state index contributed by atoms with van der Waals surface area (Å²) in [6, 6.07) is 4.09. The van der Waals surface area contributed by atoms with Crippen LogP contribution in [0, 0.1) is 13.8 Å². The van der Waals surface area contributed by atoms with Crippen molar-refractivity contribution >= 4 is 0 Å². The zero-order chi connectivity index (χ0) is 9.56. The van der Waals surface area contributed by atoms with Gasteiger partial charge in [-0.15, -0.1) is 0 Å². The van der Waals surface area contributed by atoms with Gasteiger partial charge in [-0.3, -0.25) is 4.84 Å². The maximum atomic E-state index is 5.04. The van der Waals surface area contributed by atoms with Gasteiger partial charge in [0.15, 0.2) is 0 Å². The molecule has 2 heteroatoms.